The minimum Gasteiger partial charge on any atom is -0.316 e. The van der Waals surface area contributed by atoms with Crippen LogP contribution in [0.2, 0.25) is 0 Å². The van der Waals surface area contributed by atoms with Crippen LogP contribution in [0.15, 0.2) is 0 Å². The van der Waals surface area contributed by atoms with Crippen LogP contribution in [0.5, 0.6) is 0 Å². The molecule has 1 aromatic heterocycles. The first kappa shape index (κ1) is 11.7. The molecule has 2 rings (SSSR count). The zero-order valence-corrected chi connectivity index (χ0v) is 9.75. The lowest BCUT2D eigenvalue weighted by Crippen LogP contribution is -2.29. The van der Waals surface area contributed by atoms with Crippen molar-refractivity contribution >= 4 is 24.6 Å². The SMILES string of the molecule is Cl.Cn1c(C2CCCNC2)n[nH]c1=S. The van der Waals surface area contributed by atoms with E-state index < -0.39 is 0 Å². The van der Waals surface area contributed by atoms with Crippen molar-refractivity contribution in [3.05, 3.63) is 10.6 Å². The molecule has 80 valence electrons. The number of aromatic amines is 1. The van der Waals surface area contributed by atoms with E-state index in [0.29, 0.717) is 10.7 Å². The van der Waals surface area contributed by atoms with Crippen molar-refractivity contribution in [1.82, 2.24) is 20.1 Å². The van der Waals surface area contributed by atoms with Gasteiger partial charge in [-0.05, 0) is 31.6 Å². The first-order valence-electron chi connectivity index (χ1n) is 4.61. The lowest BCUT2D eigenvalue weighted by Gasteiger charge is -2.21. The fourth-order valence-electron chi connectivity index (χ4n) is 1.80. The van der Waals surface area contributed by atoms with Gasteiger partial charge in [-0.3, -0.25) is 5.10 Å². The third kappa shape index (κ3) is 2.16. The predicted molar refractivity (Wildman–Crippen MR) is 60.5 cm³/mol. The molecule has 6 heteroatoms. The molecule has 0 amide bonds. The number of H-pyrrole nitrogens is 1. The van der Waals surface area contributed by atoms with Crippen LogP contribution < -0.4 is 5.32 Å². The van der Waals surface area contributed by atoms with Gasteiger partial charge in [0.25, 0.3) is 0 Å². The van der Waals surface area contributed by atoms with Crippen molar-refractivity contribution in [1.29, 1.82) is 0 Å². The van der Waals surface area contributed by atoms with Crippen molar-refractivity contribution in [3.63, 3.8) is 0 Å². The van der Waals surface area contributed by atoms with Crippen LogP contribution in [0, 0.1) is 4.77 Å². The molecule has 14 heavy (non-hydrogen) atoms. The average Bonchev–Trinajstić information content (AvgIpc) is 2.49. The second-order valence-corrected chi connectivity index (χ2v) is 3.88. The van der Waals surface area contributed by atoms with Crippen LogP contribution in [0.1, 0.15) is 24.6 Å². The van der Waals surface area contributed by atoms with E-state index in [2.05, 4.69) is 15.5 Å². The molecular weight excluding hydrogens is 220 g/mol. The number of rotatable bonds is 1. The Balaban J connectivity index is 0.000000980. The average molecular weight is 235 g/mol. The predicted octanol–water partition coefficient (Wildman–Crippen LogP) is 1.37. The fourth-order valence-corrected chi connectivity index (χ4v) is 1.94. The molecule has 0 saturated carbocycles. The first-order chi connectivity index (χ1) is 6.29. The summed E-state index contributed by atoms with van der Waals surface area (Å²) in [5, 5.41) is 10.4. The largest absolute Gasteiger partial charge is 0.316 e. The van der Waals surface area contributed by atoms with E-state index in [1.807, 2.05) is 11.6 Å². The van der Waals surface area contributed by atoms with Gasteiger partial charge in [0.2, 0.25) is 0 Å². The molecule has 1 aromatic rings. The third-order valence-electron chi connectivity index (χ3n) is 2.58. The molecule has 1 fully saturated rings. The third-order valence-corrected chi connectivity index (χ3v) is 2.94. The van der Waals surface area contributed by atoms with E-state index in [1.54, 1.807) is 0 Å². The summed E-state index contributed by atoms with van der Waals surface area (Å²) in [4.78, 5) is 0. The summed E-state index contributed by atoms with van der Waals surface area (Å²) in [5.74, 6) is 1.60. The summed E-state index contributed by atoms with van der Waals surface area (Å²) in [6, 6.07) is 0. The highest BCUT2D eigenvalue weighted by Gasteiger charge is 2.19. The van der Waals surface area contributed by atoms with Crippen LogP contribution in [-0.4, -0.2) is 27.9 Å². The molecule has 1 saturated heterocycles. The van der Waals surface area contributed by atoms with Crippen LogP contribution in [0.3, 0.4) is 0 Å². The van der Waals surface area contributed by atoms with E-state index in [9.17, 15) is 0 Å². The Hall–Kier alpha value is -0.390. The van der Waals surface area contributed by atoms with Gasteiger partial charge < -0.3 is 9.88 Å². The van der Waals surface area contributed by atoms with Gasteiger partial charge >= 0.3 is 0 Å². The number of nitrogens with one attached hydrogen (secondary N) is 2. The van der Waals surface area contributed by atoms with E-state index in [1.165, 1.54) is 12.8 Å². The maximum Gasteiger partial charge on any atom is 0.194 e. The Morgan fingerprint density at radius 2 is 2.36 bits per heavy atom. The zero-order chi connectivity index (χ0) is 9.26. The maximum absolute atomic E-state index is 5.07. The topological polar surface area (TPSA) is 45.6 Å². The molecule has 0 aliphatic carbocycles. The minimum absolute atomic E-state index is 0. The molecule has 2 heterocycles. The van der Waals surface area contributed by atoms with E-state index >= 15 is 0 Å². The second-order valence-electron chi connectivity index (χ2n) is 3.49. The number of halogens is 1. The number of nitrogens with zero attached hydrogens (tertiary/aromatic N) is 2. The summed E-state index contributed by atoms with van der Waals surface area (Å²) in [7, 11) is 1.97. The zero-order valence-electron chi connectivity index (χ0n) is 8.12. The van der Waals surface area contributed by atoms with Crippen molar-refractivity contribution < 1.29 is 0 Å². The number of piperidine rings is 1. The fraction of sp³-hybridized carbons (Fsp3) is 0.750. The van der Waals surface area contributed by atoms with Crippen LogP contribution in [0.4, 0.5) is 0 Å². The van der Waals surface area contributed by atoms with Crippen molar-refractivity contribution in [2.24, 2.45) is 7.05 Å². The molecule has 0 aromatic carbocycles. The molecule has 1 aliphatic heterocycles. The van der Waals surface area contributed by atoms with Crippen molar-refractivity contribution in [3.8, 4) is 0 Å². The molecule has 0 bridgehead atoms. The summed E-state index contributed by atoms with van der Waals surface area (Å²) in [5.41, 5.74) is 0. The highest BCUT2D eigenvalue weighted by Crippen LogP contribution is 2.20. The normalized spacial score (nSPS) is 21.6. The quantitative estimate of drug-likeness (QED) is 0.722. The van der Waals surface area contributed by atoms with E-state index in [0.717, 1.165) is 18.9 Å². The Bertz CT molecular complexity index is 339. The maximum atomic E-state index is 5.07. The van der Waals surface area contributed by atoms with Crippen LogP contribution in [0.25, 0.3) is 0 Å². The van der Waals surface area contributed by atoms with Gasteiger partial charge in [0.1, 0.15) is 5.82 Å². The lowest BCUT2D eigenvalue weighted by atomic mass is 9.99. The summed E-state index contributed by atoms with van der Waals surface area (Å²) in [6.07, 6.45) is 2.44. The molecule has 1 atom stereocenters. The van der Waals surface area contributed by atoms with Gasteiger partial charge in [0.15, 0.2) is 4.77 Å². The first-order valence-corrected chi connectivity index (χ1v) is 5.02. The summed E-state index contributed by atoms with van der Waals surface area (Å²) in [6.45, 7) is 2.15. The standard InChI is InChI=1S/C8H14N4S.ClH/c1-12-7(10-11-8(12)13)6-3-2-4-9-5-6;/h6,9H,2-5H2,1H3,(H,11,13);1H. The van der Waals surface area contributed by atoms with Gasteiger partial charge in [-0.15, -0.1) is 12.4 Å². The number of hydrogen-bond donors (Lipinski definition) is 2. The highest BCUT2D eigenvalue weighted by molar-refractivity contribution is 7.71. The smallest absolute Gasteiger partial charge is 0.194 e. The van der Waals surface area contributed by atoms with Gasteiger partial charge in [-0.1, -0.05) is 0 Å². The van der Waals surface area contributed by atoms with Gasteiger partial charge in [-0.25, -0.2) is 0 Å². The van der Waals surface area contributed by atoms with Gasteiger partial charge in [0, 0.05) is 19.5 Å². The lowest BCUT2D eigenvalue weighted by molar-refractivity contribution is 0.438. The summed E-state index contributed by atoms with van der Waals surface area (Å²) < 4.78 is 2.67. The summed E-state index contributed by atoms with van der Waals surface area (Å²) >= 11 is 5.07. The Morgan fingerprint density at radius 1 is 1.57 bits per heavy atom. The molecule has 2 N–H and O–H groups in total. The van der Waals surface area contributed by atoms with Crippen molar-refractivity contribution in [2.75, 3.05) is 13.1 Å². The molecule has 1 unspecified atom stereocenters. The molecule has 4 nitrogen and oxygen atoms in total. The Morgan fingerprint density at radius 3 is 2.86 bits per heavy atom. The number of hydrogen-bond acceptors (Lipinski definition) is 3. The van der Waals surface area contributed by atoms with Gasteiger partial charge in [0.05, 0.1) is 0 Å². The second kappa shape index (κ2) is 4.91. The highest BCUT2D eigenvalue weighted by atomic mass is 35.5. The van der Waals surface area contributed by atoms with Gasteiger partial charge in [-0.2, -0.15) is 5.10 Å². The monoisotopic (exact) mass is 234 g/mol. The number of aromatic nitrogens is 3. The Labute approximate surface area is 94.5 Å². The molecule has 0 spiro atoms. The molecule has 0 radical (unpaired) electrons. The molecule has 1 aliphatic rings. The Kier molecular flexibility index (Phi) is 4.10. The van der Waals surface area contributed by atoms with Crippen LogP contribution >= 0.6 is 24.6 Å². The van der Waals surface area contributed by atoms with Crippen LogP contribution in [-0.2, 0) is 7.05 Å². The molecular formula is C8H15ClN4S. The van der Waals surface area contributed by atoms with E-state index in [4.69, 9.17) is 12.2 Å². The van der Waals surface area contributed by atoms with Crippen molar-refractivity contribution in [2.45, 2.75) is 18.8 Å². The van der Waals surface area contributed by atoms with E-state index in [-0.39, 0.29) is 12.4 Å². The minimum atomic E-state index is 0.